The molecule has 0 saturated carbocycles. The molecule has 0 saturated heterocycles. The Balaban J connectivity index is 2.04. The molecule has 3 nitrogen and oxygen atoms in total. The van der Waals surface area contributed by atoms with Crippen molar-refractivity contribution in [1.82, 2.24) is 0 Å². The summed E-state index contributed by atoms with van der Waals surface area (Å²) in [5.74, 6) is -0.0444. The van der Waals surface area contributed by atoms with Crippen LogP contribution in [-0.2, 0) is 15.6 Å². The van der Waals surface area contributed by atoms with Crippen molar-refractivity contribution in [3.05, 3.63) is 71.0 Å². The highest BCUT2D eigenvalue weighted by Gasteiger charge is 2.38. The lowest BCUT2D eigenvalue weighted by atomic mass is 9.62. The van der Waals surface area contributed by atoms with Crippen molar-refractivity contribution in [1.29, 1.82) is 0 Å². The second kappa shape index (κ2) is 6.88. The van der Waals surface area contributed by atoms with Gasteiger partial charge >= 0.3 is 5.97 Å². The van der Waals surface area contributed by atoms with Crippen molar-refractivity contribution in [2.24, 2.45) is 0 Å². The summed E-state index contributed by atoms with van der Waals surface area (Å²) >= 11 is 0. The maximum atomic E-state index is 10.7. The van der Waals surface area contributed by atoms with Gasteiger partial charge in [-0.1, -0.05) is 45.9 Å². The lowest BCUT2D eigenvalue weighted by Crippen LogP contribution is -2.34. The van der Waals surface area contributed by atoms with Gasteiger partial charge in [0.15, 0.2) is 0 Å². The minimum Gasteiger partial charge on any atom is -0.478 e. The number of allylic oxidation sites excluding steroid dienone is 6. The van der Waals surface area contributed by atoms with Crippen LogP contribution in [-0.4, -0.2) is 11.1 Å². The average Bonchev–Trinajstić information content (AvgIpc) is 2.57. The quantitative estimate of drug-likeness (QED) is 0.535. The van der Waals surface area contributed by atoms with E-state index in [4.69, 9.17) is 9.84 Å². The van der Waals surface area contributed by atoms with Crippen LogP contribution in [0.3, 0.4) is 0 Å². The molecule has 0 aromatic heterocycles. The minimum absolute atomic E-state index is 0.142. The summed E-state index contributed by atoms with van der Waals surface area (Å²) in [6.07, 6.45) is 12.9. The van der Waals surface area contributed by atoms with Crippen LogP contribution in [0.15, 0.2) is 54.3 Å². The van der Waals surface area contributed by atoms with Gasteiger partial charge in [-0.05, 0) is 71.1 Å². The Kier molecular flexibility index (Phi) is 4.90. The first-order valence-electron chi connectivity index (χ1n) is 9.42. The van der Waals surface area contributed by atoms with E-state index in [-0.39, 0.29) is 10.8 Å². The lowest BCUT2D eigenvalue weighted by Gasteiger charge is -2.42. The van der Waals surface area contributed by atoms with Crippen molar-refractivity contribution in [3.63, 3.8) is 0 Å². The zero-order chi connectivity index (χ0) is 19.8. The monoisotopic (exact) mass is 364 g/mol. The van der Waals surface area contributed by atoms with Gasteiger partial charge in [-0.3, -0.25) is 0 Å². The summed E-state index contributed by atoms with van der Waals surface area (Å²) in [4.78, 5) is 10.7. The molecular formula is C24H28O3. The molecule has 142 valence electrons. The van der Waals surface area contributed by atoms with Gasteiger partial charge in [0.25, 0.3) is 0 Å². The Morgan fingerprint density at radius 1 is 1.11 bits per heavy atom. The molecule has 3 heteroatoms. The second-order valence-corrected chi connectivity index (χ2v) is 8.79. The molecule has 1 aromatic rings. The summed E-state index contributed by atoms with van der Waals surface area (Å²) in [5, 5.41) is 8.81. The minimum atomic E-state index is -0.933. The number of aliphatic carboxylic acids is 1. The van der Waals surface area contributed by atoms with Gasteiger partial charge < -0.3 is 9.84 Å². The summed E-state index contributed by atoms with van der Waals surface area (Å²) in [7, 11) is 0. The number of carbonyl (C=O) groups is 1. The molecule has 1 aliphatic carbocycles. The van der Waals surface area contributed by atoms with E-state index in [2.05, 4.69) is 39.8 Å². The molecule has 3 rings (SSSR count). The largest absolute Gasteiger partial charge is 0.478 e. The van der Waals surface area contributed by atoms with E-state index in [9.17, 15) is 4.79 Å². The van der Waals surface area contributed by atoms with Crippen LogP contribution in [0.25, 0.3) is 5.57 Å². The van der Waals surface area contributed by atoms with E-state index in [1.165, 1.54) is 30.0 Å². The molecule has 1 aromatic carbocycles. The van der Waals surface area contributed by atoms with Crippen LogP contribution >= 0.6 is 0 Å². The predicted molar refractivity (Wildman–Crippen MR) is 110 cm³/mol. The zero-order valence-electron chi connectivity index (χ0n) is 16.8. The summed E-state index contributed by atoms with van der Waals surface area (Å²) < 4.78 is 5.83. The van der Waals surface area contributed by atoms with Gasteiger partial charge in [0.1, 0.15) is 5.75 Å². The Morgan fingerprint density at radius 3 is 2.37 bits per heavy atom. The molecule has 0 atom stereocenters. The third kappa shape index (κ3) is 3.92. The van der Waals surface area contributed by atoms with Crippen LogP contribution in [0.1, 0.15) is 64.2 Å². The maximum Gasteiger partial charge on any atom is 0.328 e. The molecule has 0 unspecified atom stereocenters. The van der Waals surface area contributed by atoms with E-state index >= 15 is 0 Å². The van der Waals surface area contributed by atoms with Crippen LogP contribution in [0.4, 0.5) is 0 Å². The van der Waals surface area contributed by atoms with Gasteiger partial charge in [0.2, 0.25) is 0 Å². The van der Waals surface area contributed by atoms with E-state index in [0.29, 0.717) is 5.57 Å². The molecule has 27 heavy (non-hydrogen) atoms. The lowest BCUT2D eigenvalue weighted by molar-refractivity contribution is -0.131. The molecular weight excluding hydrogens is 336 g/mol. The maximum absolute atomic E-state index is 10.7. The third-order valence-electron chi connectivity index (χ3n) is 5.69. The molecule has 0 spiro atoms. The fourth-order valence-corrected chi connectivity index (χ4v) is 3.88. The first kappa shape index (κ1) is 19.2. The summed E-state index contributed by atoms with van der Waals surface area (Å²) in [5.41, 5.74) is 5.92. The molecule has 1 heterocycles. The fraction of sp³-hybridized carbons (Fsp3) is 0.375. The van der Waals surface area contributed by atoms with Crippen molar-refractivity contribution < 1.29 is 14.6 Å². The van der Waals surface area contributed by atoms with Gasteiger partial charge in [-0.15, -0.1) is 0 Å². The molecule has 0 bridgehead atoms. The van der Waals surface area contributed by atoms with Crippen LogP contribution in [0.2, 0.25) is 0 Å². The van der Waals surface area contributed by atoms with Gasteiger partial charge in [0.05, 0.1) is 6.26 Å². The number of rotatable bonds is 3. The molecule has 0 amide bonds. The molecule has 2 aliphatic rings. The van der Waals surface area contributed by atoms with Crippen molar-refractivity contribution in [2.45, 2.75) is 58.3 Å². The fourth-order valence-electron chi connectivity index (χ4n) is 3.88. The van der Waals surface area contributed by atoms with Crippen LogP contribution in [0, 0.1) is 0 Å². The van der Waals surface area contributed by atoms with Crippen LogP contribution < -0.4 is 4.74 Å². The first-order chi connectivity index (χ1) is 12.6. The van der Waals surface area contributed by atoms with E-state index < -0.39 is 5.97 Å². The SMILES string of the molecule is CC(/C=C/C=C1/C=COc2cc3c(cc21)C(C)(C)CCC3(C)C)=C\C(=O)O. The Morgan fingerprint density at radius 2 is 1.74 bits per heavy atom. The number of carboxylic acids is 1. The Hall–Kier alpha value is -2.55. The molecule has 1 N–H and O–H groups in total. The number of hydrogen-bond acceptors (Lipinski definition) is 2. The van der Waals surface area contributed by atoms with Gasteiger partial charge in [-0.25, -0.2) is 4.79 Å². The van der Waals surface area contributed by atoms with E-state index in [0.717, 1.165) is 16.9 Å². The molecule has 0 radical (unpaired) electrons. The normalized spacial score (nSPS) is 21.7. The van der Waals surface area contributed by atoms with E-state index in [1.807, 2.05) is 18.2 Å². The zero-order valence-corrected chi connectivity index (χ0v) is 16.8. The standard InChI is InChI=1S/C24H28O3/c1-16(13-22(25)26)7-6-8-17-9-12-27-21-15-20-19(14-18(17)21)23(2,3)10-11-24(20,4)5/h6-9,12-15H,10-11H2,1-5H3,(H,25,26)/b7-6+,16-13+,17-8-. The van der Waals surface area contributed by atoms with Crippen molar-refractivity contribution in [2.75, 3.05) is 0 Å². The topological polar surface area (TPSA) is 46.5 Å². The number of benzene rings is 1. The van der Waals surface area contributed by atoms with Crippen LogP contribution in [0.5, 0.6) is 5.75 Å². The Bertz CT molecular complexity index is 892. The Labute approximate surface area is 161 Å². The average molecular weight is 364 g/mol. The highest BCUT2D eigenvalue weighted by Crippen LogP contribution is 2.49. The molecule has 1 aliphatic heterocycles. The third-order valence-corrected chi connectivity index (χ3v) is 5.69. The van der Waals surface area contributed by atoms with Crippen molar-refractivity contribution in [3.8, 4) is 5.75 Å². The van der Waals surface area contributed by atoms with E-state index in [1.54, 1.807) is 19.3 Å². The summed E-state index contributed by atoms with van der Waals surface area (Å²) in [6.45, 7) is 11.0. The number of fused-ring (bicyclic) bond motifs is 2. The number of carboxylic acid groups (broad SMARTS) is 1. The second-order valence-electron chi connectivity index (χ2n) is 8.79. The highest BCUT2D eigenvalue weighted by atomic mass is 16.5. The number of ether oxygens (including phenoxy) is 1. The highest BCUT2D eigenvalue weighted by molar-refractivity contribution is 5.82. The smallest absolute Gasteiger partial charge is 0.328 e. The van der Waals surface area contributed by atoms with Gasteiger partial charge in [-0.2, -0.15) is 0 Å². The van der Waals surface area contributed by atoms with Crippen molar-refractivity contribution >= 4 is 11.5 Å². The first-order valence-corrected chi connectivity index (χ1v) is 9.42. The molecule has 0 fully saturated rings. The predicted octanol–water partition coefficient (Wildman–Crippen LogP) is 5.91. The van der Waals surface area contributed by atoms with Gasteiger partial charge in [0, 0.05) is 11.6 Å². The summed E-state index contributed by atoms with van der Waals surface area (Å²) in [6, 6.07) is 4.50. The number of hydrogen-bond donors (Lipinski definition) is 1.